The molecule has 1 aliphatic carbocycles. The van der Waals surface area contributed by atoms with E-state index in [-0.39, 0.29) is 5.60 Å². The Kier molecular flexibility index (Phi) is 4.37. The first-order valence-electron chi connectivity index (χ1n) is 7.65. The van der Waals surface area contributed by atoms with Crippen LogP contribution in [0.2, 0.25) is 0 Å². The van der Waals surface area contributed by atoms with Gasteiger partial charge >= 0.3 is 0 Å². The van der Waals surface area contributed by atoms with Crippen LogP contribution in [-0.2, 0) is 17.8 Å². The van der Waals surface area contributed by atoms with Gasteiger partial charge in [-0.3, -0.25) is 4.90 Å². The zero-order chi connectivity index (χ0) is 14.5. The van der Waals surface area contributed by atoms with Crippen molar-refractivity contribution in [2.75, 3.05) is 13.7 Å². The van der Waals surface area contributed by atoms with E-state index in [4.69, 9.17) is 4.74 Å². The lowest BCUT2D eigenvalue weighted by Crippen LogP contribution is -2.34. The molecule has 0 N–H and O–H groups in total. The van der Waals surface area contributed by atoms with Crippen LogP contribution in [0.15, 0.2) is 60.7 Å². The molecule has 1 saturated carbocycles. The predicted octanol–water partition coefficient (Wildman–Crippen LogP) is 3.87. The number of hydrogen-bond donors (Lipinski definition) is 0. The Morgan fingerprint density at radius 3 is 1.71 bits per heavy atom. The molecule has 0 unspecified atom stereocenters. The molecule has 21 heavy (non-hydrogen) atoms. The molecule has 0 bridgehead atoms. The summed E-state index contributed by atoms with van der Waals surface area (Å²) in [4.78, 5) is 2.50. The molecule has 0 atom stereocenters. The van der Waals surface area contributed by atoms with Crippen molar-refractivity contribution in [2.45, 2.75) is 31.5 Å². The summed E-state index contributed by atoms with van der Waals surface area (Å²) in [7, 11) is 1.84. The highest BCUT2D eigenvalue weighted by atomic mass is 16.5. The molecule has 2 nitrogen and oxygen atoms in total. The topological polar surface area (TPSA) is 12.5 Å². The van der Waals surface area contributed by atoms with Crippen LogP contribution in [0.5, 0.6) is 0 Å². The molecule has 2 aromatic carbocycles. The Labute approximate surface area is 127 Å². The van der Waals surface area contributed by atoms with E-state index >= 15 is 0 Å². The summed E-state index contributed by atoms with van der Waals surface area (Å²) in [6.07, 6.45) is 2.37. The lowest BCUT2D eigenvalue weighted by molar-refractivity contribution is 0.0384. The highest BCUT2D eigenvalue weighted by molar-refractivity contribution is 5.17. The van der Waals surface area contributed by atoms with Crippen molar-refractivity contribution in [3.63, 3.8) is 0 Å². The van der Waals surface area contributed by atoms with Gasteiger partial charge in [0.15, 0.2) is 0 Å². The molecule has 0 aliphatic heterocycles. The van der Waals surface area contributed by atoms with Gasteiger partial charge in [0.25, 0.3) is 0 Å². The monoisotopic (exact) mass is 281 g/mol. The van der Waals surface area contributed by atoms with Crippen LogP contribution in [0.3, 0.4) is 0 Å². The summed E-state index contributed by atoms with van der Waals surface area (Å²) in [5.74, 6) is 0. The molecule has 0 radical (unpaired) electrons. The van der Waals surface area contributed by atoms with Gasteiger partial charge in [0.05, 0.1) is 5.60 Å². The van der Waals surface area contributed by atoms with Gasteiger partial charge in [0.2, 0.25) is 0 Å². The van der Waals surface area contributed by atoms with Crippen LogP contribution in [0, 0.1) is 0 Å². The molecule has 2 heteroatoms. The third-order valence-electron chi connectivity index (χ3n) is 4.25. The fourth-order valence-corrected chi connectivity index (χ4v) is 2.82. The number of nitrogens with zero attached hydrogens (tertiary/aromatic N) is 1. The van der Waals surface area contributed by atoms with Gasteiger partial charge in [-0.2, -0.15) is 0 Å². The first kappa shape index (κ1) is 14.3. The molecule has 110 valence electrons. The Hall–Kier alpha value is -1.64. The standard InChI is InChI=1S/C19H23NO/c1-21-19(12-13-19)16-20(14-17-8-4-2-5-9-17)15-18-10-6-3-7-11-18/h2-11H,12-16H2,1H3. The Balaban J connectivity index is 1.71. The second-order valence-corrected chi connectivity index (χ2v) is 6.00. The van der Waals surface area contributed by atoms with Crippen LogP contribution in [-0.4, -0.2) is 24.2 Å². The lowest BCUT2D eigenvalue weighted by Gasteiger charge is -2.27. The average molecular weight is 281 g/mol. The van der Waals surface area contributed by atoms with Crippen molar-refractivity contribution >= 4 is 0 Å². The Bertz CT molecular complexity index is 507. The van der Waals surface area contributed by atoms with Gasteiger partial charge in [-0.25, -0.2) is 0 Å². The Morgan fingerprint density at radius 1 is 0.857 bits per heavy atom. The van der Waals surface area contributed by atoms with E-state index in [1.807, 2.05) is 7.11 Å². The molecule has 3 rings (SSSR count). The Morgan fingerprint density at radius 2 is 1.33 bits per heavy atom. The number of methoxy groups -OCH3 is 1. The van der Waals surface area contributed by atoms with E-state index in [2.05, 4.69) is 65.6 Å². The third-order valence-corrected chi connectivity index (χ3v) is 4.25. The summed E-state index contributed by atoms with van der Waals surface area (Å²) in [6.45, 7) is 2.95. The minimum atomic E-state index is 0.101. The van der Waals surface area contributed by atoms with E-state index < -0.39 is 0 Å². The second-order valence-electron chi connectivity index (χ2n) is 6.00. The van der Waals surface area contributed by atoms with Crippen molar-refractivity contribution < 1.29 is 4.74 Å². The third kappa shape index (κ3) is 3.93. The summed E-state index contributed by atoms with van der Waals surface area (Å²) in [6, 6.07) is 21.4. The fourth-order valence-electron chi connectivity index (χ4n) is 2.82. The molecule has 0 saturated heterocycles. The molecular weight excluding hydrogens is 258 g/mol. The zero-order valence-corrected chi connectivity index (χ0v) is 12.7. The quantitative estimate of drug-likeness (QED) is 0.764. The van der Waals surface area contributed by atoms with Gasteiger partial charge in [0.1, 0.15) is 0 Å². The van der Waals surface area contributed by atoms with Crippen molar-refractivity contribution in [3.8, 4) is 0 Å². The minimum absolute atomic E-state index is 0.101. The highest BCUT2D eigenvalue weighted by Gasteiger charge is 2.44. The first-order valence-corrected chi connectivity index (χ1v) is 7.65. The van der Waals surface area contributed by atoms with Gasteiger partial charge in [-0.15, -0.1) is 0 Å². The maximum Gasteiger partial charge on any atom is 0.0807 e. The van der Waals surface area contributed by atoms with Crippen molar-refractivity contribution in [2.24, 2.45) is 0 Å². The second kappa shape index (κ2) is 6.42. The summed E-state index contributed by atoms with van der Waals surface area (Å²) in [5, 5.41) is 0. The van der Waals surface area contributed by atoms with E-state index in [0.717, 1.165) is 19.6 Å². The number of ether oxygens (including phenoxy) is 1. The van der Waals surface area contributed by atoms with E-state index in [1.165, 1.54) is 24.0 Å². The molecule has 0 amide bonds. The SMILES string of the molecule is COC1(CN(Cc2ccccc2)Cc2ccccc2)CC1. The number of benzene rings is 2. The molecule has 0 aromatic heterocycles. The van der Waals surface area contributed by atoms with Crippen molar-refractivity contribution in [1.82, 2.24) is 4.90 Å². The van der Waals surface area contributed by atoms with Gasteiger partial charge in [-0.05, 0) is 24.0 Å². The van der Waals surface area contributed by atoms with Crippen LogP contribution >= 0.6 is 0 Å². The van der Waals surface area contributed by atoms with Gasteiger partial charge in [0, 0.05) is 26.7 Å². The predicted molar refractivity (Wildman–Crippen MR) is 86.0 cm³/mol. The normalized spacial score (nSPS) is 16.1. The summed E-state index contributed by atoms with van der Waals surface area (Å²) >= 11 is 0. The van der Waals surface area contributed by atoms with Gasteiger partial charge < -0.3 is 4.74 Å². The minimum Gasteiger partial charge on any atom is -0.377 e. The summed E-state index contributed by atoms with van der Waals surface area (Å²) in [5.41, 5.74) is 2.82. The maximum atomic E-state index is 5.71. The maximum absolute atomic E-state index is 5.71. The molecule has 2 aromatic rings. The highest BCUT2D eigenvalue weighted by Crippen LogP contribution is 2.40. The zero-order valence-electron chi connectivity index (χ0n) is 12.7. The fraction of sp³-hybridized carbons (Fsp3) is 0.368. The molecule has 0 heterocycles. The van der Waals surface area contributed by atoms with Crippen molar-refractivity contribution in [1.29, 1.82) is 0 Å². The molecular formula is C19H23NO. The van der Waals surface area contributed by atoms with E-state index in [1.54, 1.807) is 0 Å². The largest absolute Gasteiger partial charge is 0.377 e. The number of hydrogen-bond acceptors (Lipinski definition) is 2. The summed E-state index contributed by atoms with van der Waals surface area (Å²) < 4.78 is 5.71. The van der Waals surface area contributed by atoms with Crippen LogP contribution < -0.4 is 0 Å². The smallest absolute Gasteiger partial charge is 0.0807 e. The lowest BCUT2D eigenvalue weighted by atomic mass is 10.1. The van der Waals surface area contributed by atoms with E-state index in [9.17, 15) is 0 Å². The first-order chi connectivity index (χ1) is 10.3. The average Bonchev–Trinajstić information content (AvgIpc) is 3.29. The van der Waals surface area contributed by atoms with Crippen molar-refractivity contribution in [3.05, 3.63) is 71.8 Å². The van der Waals surface area contributed by atoms with Gasteiger partial charge in [-0.1, -0.05) is 60.7 Å². The molecule has 0 spiro atoms. The van der Waals surface area contributed by atoms with E-state index in [0.29, 0.717) is 0 Å². The molecule has 1 fully saturated rings. The van der Waals surface area contributed by atoms with Crippen LogP contribution in [0.25, 0.3) is 0 Å². The number of rotatable bonds is 7. The van der Waals surface area contributed by atoms with Crippen LogP contribution in [0.1, 0.15) is 24.0 Å². The molecule has 1 aliphatic rings. The van der Waals surface area contributed by atoms with Crippen LogP contribution in [0.4, 0.5) is 0 Å².